The van der Waals surface area contributed by atoms with Gasteiger partial charge in [0.2, 0.25) is 0 Å². The summed E-state index contributed by atoms with van der Waals surface area (Å²) in [6, 6.07) is 23.4. The number of carbonyl (C=O) groups excluding carboxylic acids is 2. The van der Waals surface area contributed by atoms with Gasteiger partial charge in [-0.05, 0) is 53.5 Å². The van der Waals surface area contributed by atoms with E-state index >= 15 is 0 Å². The molecular weight excluding hydrogens is 534 g/mol. The number of nitrogens with one attached hydrogen (secondary N) is 2. The van der Waals surface area contributed by atoms with Crippen LogP contribution in [-0.2, 0) is 32.1 Å². The molecule has 9 nitrogen and oxygen atoms in total. The summed E-state index contributed by atoms with van der Waals surface area (Å²) in [5.41, 5.74) is 4.84. The van der Waals surface area contributed by atoms with Crippen LogP contribution in [0, 0.1) is 11.3 Å². The first-order valence-corrected chi connectivity index (χ1v) is 13.2. The van der Waals surface area contributed by atoms with Gasteiger partial charge in [0.25, 0.3) is 0 Å². The molecule has 2 N–H and O–H groups in total. The Bertz CT molecular complexity index is 1710. The van der Waals surface area contributed by atoms with Crippen molar-refractivity contribution in [1.29, 1.82) is 5.26 Å². The number of hydrogen-bond acceptors (Lipinski definition) is 7. The first-order valence-electron chi connectivity index (χ1n) is 13.2. The fourth-order valence-electron chi connectivity index (χ4n) is 4.36. The zero-order valence-electron chi connectivity index (χ0n) is 23.4. The van der Waals surface area contributed by atoms with Crippen molar-refractivity contribution in [3.05, 3.63) is 102 Å². The SMILES string of the molecule is COC(=O)/C=C/c1ccc(OCc2ccccc2)c2[nH]ccc12.COC(=O)CCc1ccc(OCC#N)c2[nH]ccc12. The standard InChI is InChI=1S/C19H17NO3.C14H14N2O3/c1-22-18(21)10-8-15-7-9-17(19-16(15)11-12-20-19)23-13-14-5-3-2-4-6-14;1-18-13(17)5-3-10-2-4-12(19-9-7-15)14-11(10)6-8-16-14/h2-12,20H,13H2,1H3;2,4,6,8,16H,3,5,9H2,1H3/b10-8+;. The van der Waals surface area contributed by atoms with Crippen molar-refractivity contribution in [3.8, 4) is 17.6 Å². The molecule has 0 atom stereocenters. The number of fused-ring (bicyclic) bond motifs is 2. The molecule has 0 saturated heterocycles. The molecule has 0 aliphatic rings. The Morgan fingerprint density at radius 2 is 1.52 bits per heavy atom. The Morgan fingerprint density at radius 1 is 0.833 bits per heavy atom. The third-order valence-corrected chi connectivity index (χ3v) is 6.45. The molecule has 5 aromatic rings. The van der Waals surface area contributed by atoms with E-state index in [1.54, 1.807) is 6.08 Å². The minimum Gasteiger partial charge on any atom is -0.487 e. The number of carbonyl (C=O) groups is 2. The molecule has 3 aromatic carbocycles. The van der Waals surface area contributed by atoms with Gasteiger partial charge >= 0.3 is 11.9 Å². The van der Waals surface area contributed by atoms with E-state index in [4.69, 9.17) is 14.7 Å². The molecule has 42 heavy (non-hydrogen) atoms. The molecule has 5 rings (SSSR count). The molecule has 0 aliphatic carbocycles. The lowest BCUT2D eigenvalue weighted by molar-refractivity contribution is -0.140. The number of benzene rings is 3. The molecule has 2 aromatic heterocycles. The molecule has 0 spiro atoms. The van der Waals surface area contributed by atoms with Crippen molar-refractivity contribution >= 4 is 39.8 Å². The number of aromatic nitrogens is 2. The number of nitriles is 1. The number of hydrogen-bond donors (Lipinski definition) is 2. The predicted molar refractivity (Wildman–Crippen MR) is 160 cm³/mol. The molecule has 0 fully saturated rings. The second-order valence-electron chi connectivity index (χ2n) is 9.06. The van der Waals surface area contributed by atoms with Crippen LogP contribution in [0.3, 0.4) is 0 Å². The normalized spacial score (nSPS) is 10.6. The van der Waals surface area contributed by atoms with Gasteiger partial charge < -0.3 is 28.9 Å². The van der Waals surface area contributed by atoms with Crippen molar-refractivity contribution in [2.75, 3.05) is 20.8 Å². The fourth-order valence-corrected chi connectivity index (χ4v) is 4.36. The van der Waals surface area contributed by atoms with E-state index in [2.05, 4.69) is 19.4 Å². The molecule has 0 aliphatic heterocycles. The van der Waals surface area contributed by atoms with Crippen molar-refractivity contribution in [3.63, 3.8) is 0 Å². The van der Waals surface area contributed by atoms with Crippen LogP contribution in [0.4, 0.5) is 0 Å². The number of aromatic amines is 2. The van der Waals surface area contributed by atoms with E-state index in [1.807, 2.05) is 85.2 Å². The number of ether oxygens (including phenoxy) is 4. The smallest absolute Gasteiger partial charge is 0.330 e. The highest BCUT2D eigenvalue weighted by Crippen LogP contribution is 2.30. The van der Waals surface area contributed by atoms with E-state index in [0.29, 0.717) is 25.2 Å². The summed E-state index contributed by atoms with van der Waals surface area (Å²) in [5, 5.41) is 10.5. The number of rotatable bonds is 10. The van der Waals surface area contributed by atoms with Crippen molar-refractivity contribution in [2.24, 2.45) is 0 Å². The van der Waals surface area contributed by atoms with Gasteiger partial charge in [-0.1, -0.05) is 42.5 Å². The van der Waals surface area contributed by atoms with Crippen LogP contribution in [-0.4, -0.2) is 42.7 Å². The Hall–Kier alpha value is -5.49. The molecule has 0 amide bonds. The average molecular weight is 566 g/mol. The summed E-state index contributed by atoms with van der Waals surface area (Å²) < 4.78 is 20.5. The first kappa shape index (κ1) is 29.5. The van der Waals surface area contributed by atoms with E-state index in [9.17, 15) is 9.59 Å². The molecule has 0 radical (unpaired) electrons. The van der Waals surface area contributed by atoms with Gasteiger partial charge in [-0.2, -0.15) is 5.26 Å². The van der Waals surface area contributed by atoms with Crippen LogP contribution in [0.1, 0.15) is 23.1 Å². The van der Waals surface area contributed by atoms with Crippen LogP contribution in [0.15, 0.2) is 85.2 Å². The minimum absolute atomic E-state index is 0.00955. The summed E-state index contributed by atoms with van der Waals surface area (Å²) in [5.74, 6) is 0.819. The maximum atomic E-state index is 11.2. The van der Waals surface area contributed by atoms with E-state index < -0.39 is 0 Å². The molecular formula is C33H31N3O6. The second kappa shape index (κ2) is 14.8. The Kier molecular flexibility index (Phi) is 10.4. The highest BCUT2D eigenvalue weighted by molar-refractivity contribution is 5.96. The number of methoxy groups -OCH3 is 2. The Balaban J connectivity index is 0.000000197. The van der Waals surface area contributed by atoms with Crippen molar-refractivity contribution < 1.29 is 28.5 Å². The third-order valence-electron chi connectivity index (χ3n) is 6.45. The topological polar surface area (TPSA) is 126 Å². The zero-order valence-corrected chi connectivity index (χ0v) is 23.4. The largest absolute Gasteiger partial charge is 0.487 e. The van der Waals surface area contributed by atoms with Gasteiger partial charge in [-0.3, -0.25) is 4.79 Å². The quantitative estimate of drug-likeness (QED) is 0.155. The monoisotopic (exact) mass is 565 g/mol. The van der Waals surface area contributed by atoms with Crippen LogP contribution >= 0.6 is 0 Å². The third kappa shape index (κ3) is 7.58. The molecule has 0 bridgehead atoms. The van der Waals surface area contributed by atoms with Gasteiger partial charge in [0.05, 0.1) is 25.3 Å². The zero-order chi connectivity index (χ0) is 29.7. The van der Waals surface area contributed by atoms with Crippen LogP contribution in [0.2, 0.25) is 0 Å². The fraction of sp³-hybridized carbons (Fsp3) is 0.182. The summed E-state index contributed by atoms with van der Waals surface area (Å²) in [6.07, 6.45) is 7.77. The van der Waals surface area contributed by atoms with Gasteiger partial charge in [0.1, 0.15) is 24.2 Å². The van der Waals surface area contributed by atoms with E-state index in [0.717, 1.165) is 44.2 Å². The summed E-state index contributed by atoms with van der Waals surface area (Å²) in [4.78, 5) is 28.7. The molecule has 0 saturated carbocycles. The molecule has 214 valence electrons. The average Bonchev–Trinajstić information content (AvgIpc) is 3.73. The minimum atomic E-state index is -0.377. The summed E-state index contributed by atoms with van der Waals surface area (Å²) in [7, 11) is 2.74. The van der Waals surface area contributed by atoms with Gasteiger partial charge in [0.15, 0.2) is 6.61 Å². The number of esters is 2. The van der Waals surface area contributed by atoms with Crippen LogP contribution in [0.25, 0.3) is 27.9 Å². The van der Waals surface area contributed by atoms with Crippen LogP contribution < -0.4 is 9.47 Å². The van der Waals surface area contributed by atoms with Crippen molar-refractivity contribution in [2.45, 2.75) is 19.4 Å². The number of H-pyrrole nitrogens is 2. The number of aryl methyl sites for hydroxylation is 1. The lowest BCUT2D eigenvalue weighted by atomic mass is 10.0. The van der Waals surface area contributed by atoms with Gasteiger partial charge in [-0.25, -0.2) is 4.79 Å². The summed E-state index contributed by atoms with van der Waals surface area (Å²) >= 11 is 0. The van der Waals surface area contributed by atoms with Crippen LogP contribution in [0.5, 0.6) is 11.5 Å². The van der Waals surface area contributed by atoms with E-state index in [-0.39, 0.29) is 18.5 Å². The molecule has 9 heteroatoms. The van der Waals surface area contributed by atoms with Gasteiger partial charge in [-0.15, -0.1) is 0 Å². The second-order valence-corrected chi connectivity index (χ2v) is 9.06. The first-order chi connectivity index (χ1) is 20.5. The maximum absolute atomic E-state index is 11.2. The molecule has 2 heterocycles. The highest BCUT2D eigenvalue weighted by Gasteiger charge is 2.10. The number of nitrogens with zero attached hydrogens (tertiary/aromatic N) is 1. The predicted octanol–water partition coefficient (Wildman–Crippen LogP) is 6.11. The lowest BCUT2D eigenvalue weighted by Gasteiger charge is -2.09. The van der Waals surface area contributed by atoms with Gasteiger partial charge in [0, 0.05) is 35.7 Å². The lowest BCUT2D eigenvalue weighted by Crippen LogP contribution is -2.02. The summed E-state index contributed by atoms with van der Waals surface area (Å²) in [6.45, 7) is 0.516. The Morgan fingerprint density at radius 3 is 2.24 bits per heavy atom. The van der Waals surface area contributed by atoms with E-state index in [1.165, 1.54) is 20.3 Å². The maximum Gasteiger partial charge on any atom is 0.330 e. The Labute approximate surface area is 243 Å². The molecule has 0 unspecified atom stereocenters. The highest BCUT2D eigenvalue weighted by atomic mass is 16.5. The van der Waals surface area contributed by atoms with Crippen molar-refractivity contribution in [1.82, 2.24) is 9.97 Å².